The fourth-order valence-electron chi connectivity index (χ4n) is 3.15. The summed E-state index contributed by atoms with van der Waals surface area (Å²) in [7, 11) is 0. The van der Waals surface area contributed by atoms with Crippen LogP contribution in [-0.2, 0) is 6.54 Å². The number of aliphatic hydroxyl groups is 1. The molecule has 2 unspecified atom stereocenters. The number of rotatable bonds is 4. The standard InChI is InChI=1S/C15H24N2O/c1-2-14-15(16,12-18)9-6-10-17(14)11-13-7-4-3-5-8-13/h3-5,7-8,14,18H,2,6,9-12,16H2,1H3. The molecule has 0 aliphatic carbocycles. The van der Waals surface area contributed by atoms with Crippen molar-refractivity contribution >= 4 is 0 Å². The van der Waals surface area contributed by atoms with Crippen LogP contribution in [0.15, 0.2) is 30.3 Å². The lowest BCUT2D eigenvalue weighted by Gasteiger charge is -2.47. The summed E-state index contributed by atoms with van der Waals surface area (Å²) in [5, 5.41) is 9.58. The van der Waals surface area contributed by atoms with Gasteiger partial charge in [0.2, 0.25) is 0 Å². The Morgan fingerprint density at radius 3 is 2.72 bits per heavy atom. The molecule has 0 saturated carbocycles. The van der Waals surface area contributed by atoms with Gasteiger partial charge in [0.25, 0.3) is 0 Å². The van der Waals surface area contributed by atoms with Crippen LogP contribution in [0.3, 0.4) is 0 Å². The second-order valence-corrected chi connectivity index (χ2v) is 5.37. The van der Waals surface area contributed by atoms with Crippen molar-refractivity contribution in [1.82, 2.24) is 4.90 Å². The Bertz CT molecular complexity index is 368. The van der Waals surface area contributed by atoms with Crippen LogP contribution in [0.4, 0.5) is 0 Å². The summed E-state index contributed by atoms with van der Waals surface area (Å²) < 4.78 is 0. The summed E-state index contributed by atoms with van der Waals surface area (Å²) in [6, 6.07) is 10.8. The normalized spacial score (nSPS) is 29.4. The predicted octanol–water partition coefficient (Wildman–Crippen LogP) is 1.75. The van der Waals surface area contributed by atoms with Gasteiger partial charge in [-0.3, -0.25) is 4.90 Å². The SMILES string of the molecule is CCC1N(Cc2ccccc2)CCCC1(N)CO. The number of piperidine rings is 1. The highest BCUT2D eigenvalue weighted by Gasteiger charge is 2.39. The molecule has 1 aromatic carbocycles. The molecule has 0 bridgehead atoms. The van der Waals surface area contributed by atoms with Crippen molar-refractivity contribution in [2.24, 2.45) is 5.73 Å². The van der Waals surface area contributed by atoms with Gasteiger partial charge in [-0.1, -0.05) is 37.3 Å². The first-order valence-electron chi connectivity index (χ1n) is 6.87. The third-order valence-corrected chi connectivity index (χ3v) is 4.10. The molecule has 0 spiro atoms. The van der Waals surface area contributed by atoms with Gasteiger partial charge in [-0.2, -0.15) is 0 Å². The molecule has 18 heavy (non-hydrogen) atoms. The van der Waals surface area contributed by atoms with Gasteiger partial charge >= 0.3 is 0 Å². The van der Waals surface area contributed by atoms with Gasteiger partial charge in [0.1, 0.15) is 0 Å². The molecule has 1 fully saturated rings. The molecule has 3 nitrogen and oxygen atoms in total. The van der Waals surface area contributed by atoms with E-state index in [1.165, 1.54) is 5.56 Å². The van der Waals surface area contributed by atoms with E-state index in [1.807, 2.05) is 6.07 Å². The van der Waals surface area contributed by atoms with E-state index in [0.29, 0.717) is 0 Å². The summed E-state index contributed by atoms with van der Waals surface area (Å²) in [4.78, 5) is 2.43. The van der Waals surface area contributed by atoms with E-state index < -0.39 is 5.54 Å². The zero-order chi connectivity index (χ0) is 13.0. The third-order valence-electron chi connectivity index (χ3n) is 4.10. The van der Waals surface area contributed by atoms with Crippen LogP contribution in [0.5, 0.6) is 0 Å². The van der Waals surface area contributed by atoms with E-state index in [1.54, 1.807) is 0 Å². The number of aliphatic hydroxyl groups excluding tert-OH is 1. The van der Waals surface area contributed by atoms with Gasteiger partial charge in [0, 0.05) is 12.6 Å². The highest BCUT2D eigenvalue weighted by atomic mass is 16.3. The fraction of sp³-hybridized carbons (Fsp3) is 0.600. The minimum Gasteiger partial charge on any atom is -0.394 e. The summed E-state index contributed by atoms with van der Waals surface area (Å²) >= 11 is 0. The van der Waals surface area contributed by atoms with Crippen LogP contribution in [0.2, 0.25) is 0 Å². The first-order chi connectivity index (χ1) is 8.69. The van der Waals surface area contributed by atoms with Crippen LogP contribution < -0.4 is 5.73 Å². The molecule has 2 rings (SSSR count). The Morgan fingerprint density at radius 2 is 2.11 bits per heavy atom. The van der Waals surface area contributed by atoms with Crippen molar-refractivity contribution in [1.29, 1.82) is 0 Å². The fourth-order valence-corrected chi connectivity index (χ4v) is 3.15. The van der Waals surface area contributed by atoms with Crippen molar-refractivity contribution in [3.63, 3.8) is 0 Å². The topological polar surface area (TPSA) is 49.5 Å². The smallest absolute Gasteiger partial charge is 0.0626 e. The van der Waals surface area contributed by atoms with Gasteiger partial charge in [0.05, 0.1) is 12.1 Å². The predicted molar refractivity (Wildman–Crippen MR) is 74.2 cm³/mol. The van der Waals surface area contributed by atoms with Gasteiger partial charge in [-0.15, -0.1) is 0 Å². The Hall–Kier alpha value is -0.900. The molecule has 3 N–H and O–H groups in total. The van der Waals surface area contributed by atoms with E-state index in [-0.39, 0.29) is 12.6 Å². The average molecular weight is 248 g/mol. The molecule has 0 aromatic heterocycles. The maximum Gasteiger partial charge on any atom is 0.0626 e. The van der Waals surface area contributed by atoms with E-state index in [0.717, 1.165) is 32.4 Å². The first kappa shape index (κ1) is 13.5. The van der Waals surface area contributed by atoms with Crippen LogP contribution in [0, 0.1) is 0 Å². The van der Waals surface area contributed by atoms with Crippen LogP contribution in [-0.4, -0.2) is 34.7 Å². The largest absolute Gasteiger partial charge is 0.394 e. The van der Waals surface area contributed by atoms with Gasteiger partial charge in [0.15, 0.2) is 0 Å². The number of hydrogen-bond donors (Lipinski definition) is 2. The molecular formula is C15H24N2O. The van der Waals surface area contributed by atoms with Crippen molar-refractivity contribution in [3.8, 4) is 0 Å². The molecule has 100 valence electrons. The molecule has 0 amide bonds. The summed E-state index contributed by atoms with van der Waals surface area (Å²) in [6.45, 7) is 4.24. The molecule has 1 aromatic rings. The maximum atomic E-state index is 9.58. The second kappa shape index (κ2) is 5.83. The molecule has 1 heterocycles. The number of nitrogens with zero attached hydrogens (tertiary/aromatic N) is 1. The summed E-state index contributed by atoms with van der Waals surface area (Å²) in [6.07, 6.45) is 2.98. The Balaban J connectivity index is 2.11. The lowest BCUT2D eigenvalue weighted by Crippen LogP contribution is -2.63. The average Bonchev–Trinajstić information content (AvgIpc) is 2.40. The van der Waals surface area contributed by atoms with Crippen molar-refractivity contribution in [2.75, 3.05) is 13.2 Å². The van der Waals surface area contributed by atoms with Crippen LogP contribution >= 0.6 is 0 Å². The number of likely N-dealkylation sites (tertiary alicyclic amines) is 1. The third kappa shape index (κ3) is 2.74. The zero-order valence-electron chi connectivity index (χ0n) is 11.2. The van der Waals surface area contributed by atoms with Crippen molar-refractivity contribution in [3.05, 3.63) is 35.9 Å². The minimum absolute atomic E-state index is 0.0802. The molecular weight excluding hydrogens is 224 g/mol. The number of nitrogens with two attached hydrogens (primary N) is 1. The van der Waals surface area contributed by atoms with E-state index in [9.17, 15) is 5.11 Å². The highest BCUT2D eigenvalue weighted by molar-refractivity contribution is 5.15. The Kier molecular flexibility index (Phi) is 4.38. The number of hydrogen-bond acceptors (Lipinski definition) is 3. The minimum atomic E-state index is -0.429. The van der Waals surface area contributed by atoms with Crippen LogP contribution in [0.25, 0.3) is 0 Å². The Morgan fingerprint density at radius 1 is 1.39 bits per heavy atom. The molecule has 0 radical (unpaired) electrons. The van der Waals surface area contributed by atoms with Crippen molar-refractivity contribution in [2.45, 2.75) is 44.3 Å². The molecule has 1 saturated heterocycles. The number of benzene rings is 1. The monoisotopic (exact) mass is 248 g/mol. The first-order valence-corrected chi connectivity index (χ1v) is 6.87. The van der Waals surface area contributed by atoms with E-state index in [2.05, 4.69) is 36.1 Å². The van der Waals surface area contributed by atoms with Gasteiger partial charge in [-0.25, -0.2) is 0 Å². The quantitative estimate of drug-likeness (QED) is 0.853. The van der Waals surface area contributed by atoms with Crippen LogP contribution in [0.1, 0.15) is 31.7 Å². The maximum absolute atomic E-state index is 9.58. The Labute approximate surface area is 110 Å². The van der Waals surface area contributed by atoms with Crippen molar-refractivity contribution < 1.29 is 5.11 Å². The van der Waals surface area contributed by atoms with E-state index in [4.69, 9.17) is 5.73 Å². The van der Waals surface area contributed by atoms with Gasteiger partial charge < -0.3 is 10.8 Å². The lowest BCUT2D eigenvalue weighted by molar-refractivity contribution is 0.0255. The highest BCUT2D eigenvalue weighted by Crippen LogP contribution is 2.28. The van der Waals surface area contributed by atoms with Gasteiger partial charge in [-0.05, 0) is 31.4 Å². The molecule has 3 heteroatoms. The molecule has 1 aliphatic rings. The summed E-state index contributed by atoms with van der Waals surface area (Å²) in [5.41, 5.74) is 7.25. The summed E-state index contributed by atoms with van der Waals surface area (Å²) in [5.74, 6) is 0. The van der Waals surface area contributed by atoms with E-state index >= 15 is 0 Å². The second-order valence-electron chi connectivity index (χ2n) is 5.37. The zero-order valence-corrected chi connectivity index (χ0v) is 11.2. The molecule has 2 atom stereocenters. The molecule has 1 aliphatic heterocycles. The lowest BCUT2D eigenvalue weighted by atomic mass is 9.81.